The van der Waals surface area contributed by atoms with Crippen LogP contribution in [0.2, 0.25) is 0 Å². The fraction of sp³-hybridized carbons (Fsp3) is 0.176. The van der Waals surface area contributed by atoms with Crippen molar-refractivity contribution in [1.82, 2.24) is 20.4 Å². The molecule has 0 aliphatic rings. The third kappa shape index (κ3) is 3.75. The molecule has 3 aromatic rings. The van der Waals surface area contributed by atoms with Crippen molar-refractivity contribution < 1.29 is 14.1 Å². The molecular weight excluding hydrogens is 308 g/mol. The Labute approximate surface area is 138 Å². The van der Waals surface area contributed by atoms with Gasteiger partial charge in [-0.2, -0.15) is 4.98 Å². The van der Waals surface area contributed by atoms with Gasteiger partial charge in [-0.15, -0.1) is 0 Å². The number of rotatable bonds is 6. The summed E-state index contributed by atoms with van der Waals surface area (Å²) in [5, 5.41) is 6.65. The predicted octanol–water partition coefficient (Wildman–Crippen LogP) is 2.00. The highest BCUT2D eigenvalue weighted by atomic mass is 16.5. The van der Waals surface area contributed by atoms with E-state index in [0.29, 0.717) is 17.5 Å². The van der Waals surface area contributed by atoms with Gasteiger partial charge >= 0.3 is 0 Å². The van der Waals surface area contributed by atoms with Crippen LogP contribution in [0.1, 0.15) is 11.5 Å². The van der Waals surface area contributed by atoms with Crippen LogP contribution in [0.3, 0.4) is 0 Å². The van der Waals surface area contributed by atoms with Gasteiger partial charge in [0.25, 0.3) is 0 Å². The maximum Gasteiger partial charge on any atom is 0.246 e. The Kier molecular flexibility index (Phi) is 4.81. The molecule has 0 atom stereocenters. The molecule has 1 N–H and O–H groups in total. The highest BCUT2D eigenvalue weighted by Gasteiger charge is 2.11. The van der Waals surface area contributed by atoms with E-state index in [-0.39, 0.29) is 18.9 Å². The molecule has 7 heteroatoms. The van der Waals surface area contributed by atoms with Gasteiger partial charge in [0.05, 0.1) is 20.1 Å². The Bertz CT molecular complexity index is 817. The number of para-hydroxylation sites is 1. The van der Waals surface area contributed by atoms with Crippen LogP contribution in [0.25, 0.3) is 11.4 Å². The Balaban J connectivity index is 1.58. The van der Waals surface area contributed by atoms with Crippen molar-refractivity contribution in [2.24, 2.45) is 0 Å². The topological polar surface area (TPSA) is 90.1 Å². The van der Waals surface area contributed by atoms with Gasteiger partial charge in [-0.3, -0.25) is 9.78 Å². The van der Waals surface area contributed by atoms with Crippen molar-refractivity contribution in [2.45, 2.75) is 13.0 Å². The van der Waals surface area contributed by atoms with Gasteiger partial charge in [0.15, 0.2) is 0 Å². The zero-order valence-corrected chi connectivity index (χ0v) is 13.1. The summed E-state index contributed by atoms with van der Waals surface area (Å²) in [6, 6.07) is 11.0. The fourth-order valence-corrected chi connectivity index (χ4v) is 2.20. The first kappa shape index (κ1) is 15.7. The number of carbonyl (C=O) groups is 1. The summed E-state index contributed by atoms with van der Waals surface area (Å²) in [4.78, 5) is 20.3. The van der Waals surface area contributed by atoms with Crippen molar-refractivity contribution in [3.63, 3.8) is 0 Å². The summed E-state index contributed by atoms with van der Waals surface area (Å²) in [5.74, 6) is 1.34. The SMILES string of the molecule is COc1ccccc1CC(=O)NCc1nc(-c2ccncc2)no1. The first-order valence-electron chi connectivity index (χ1n) is 7.38. The van der Waals surface area contributed by atoms with Crippen molar-refractivity contribution in [3.8, 4) is 17.1 Å². The second-order valence-electron chi connectivity index (χ2n) is 5.01. The van der Waals surface area contributed by atoms with E-state index in [1.54, 1.807) is 31.6 Å². The number of nitrogens with zero attached hydrogens (tertiary/aromatic N) is 3. The van der Waals surface area contributed by atoms with Crippen molar-refractivity contribution in [3.05, 3.63) is 60.2 Å². The first-order valence-corrected chi connectivity index (χ1v) is 7.38. The summed E-state index contributed by atoms with van der Waals surface area (Å²) < 4.78 is 10.4. The number of methoxy groups -OCH3 is 1. The second kappa shape index (κ2) is 7.36. The lowest BCUT2D eigenvalue weighted by molar-refractivity contribution is -0.120. The van der Waals surface area contributed by atoms with Gasteiger partial charge in [0.1, 0.15) is 5.75 Å². The normalized spacial score (nSPS) is 10.4. The second-order valence-corrected chi connectivity index (χ2v) is 5.01. The minimum atomic E-state index is -0.150. The zero-order valence-electron chi connectivity index (χ0n) is 13.1. The van der Waals surface area contributed by atoms with Gasteiger partial charge in [-0.25, -0.2) is 0 Å². The average molecular weight is 324 g/mol. The van der Waals surface area contributed by atoms with Crippen LogP contribution in [-0.4, -0.2) is 28.1 Å². The van der Waals surface area contributed by atoms with Crippen LogP contribution in [0.15, 0.2) is 53.3 Å². The maximum atomic E-state index is 12.1. The third-order valence-electron chi connectivity index (χ3n) is 3.39. The molecule has 0 spiro atoms. The van der Waals surface area contributed by atoms with Crippen LogP contribution in [0.4, 0.5) is 0 Å². The first-order chi connectivity index (χ1) is 11.8. The van der Waals surface area contributed by atoms with Gasteiger partial charge in [0.2, 0.25) is 17.6 Å². The number of ether oxygens (including phenoxy) is 1. The summed E-state index contributed by atoms with van der Waals surface area (Å²) in [6.07, 6.45) is 3.52. The van der Waals surface area contributed by atoms with Gasteiger partial charge < -0.3 is 14.6 Å². The molecule has 0 saturated carbocycles. The Morgan fingerprint density at radius 1 is 1.21 bits per heavy atom. The molecule has 0 fully saturated rings. The smallest absolute Gasteiger partial charge is 0.246 e. The number of hydrogen-bond donors (Lipinski definition) is 1. The molecule has 0 aliphatic heterocycles. The molecule has 0 radical (unpaired) electrons. The predicted molar refractivity (Wildman–Crippen MR) is 86.1 cm³/mol. The fourth-order valence-electron chi connectivity index (χ4n) is 2.20. The lowest BCUT2D eigenvalue weighted by atomic mass is 10.1. The molecular formula is C17H16N4O3. The monoisotopic (exact) mass is 324 g/mol. The lowest BCUT2D eigenvalue weighted by Crippen LogP contribution is -2.24. The number of benzene rings is 1. The summed E-state index contributed by atoms with van der Waals surface area (Å²) >= 11 is 0. The van der Waals surface area contributed by atoms with Gasteiger partial charge in [-0.05, 0) is 18.2 Å². The molecule has 3 rings (SSSR count). The maximum absolute atomic E-state index is 12.1. The Morgan fingerprint density at radius 3 is 2.79 bits per heavy atom. The van der Waals surface area contributed by atoms with Crippen LogP contribution < -0.4 is 10.1 Å². The molecule has 0 aliphatic carbocycles. The minimum Gasteiger partial charge on any atom is -0.496 e. The quantitative estimate of drug-likeness (QED) is 0.746. The number of amides is 1. The largest absolute Gasteiger partial charge is 0.496 e. The summed E-state index contributed by atoms with van der Waals surface area (Å²) in [5.41, 5.74) is 1.63. The van der Waals surface area contributed by atoms with Gasteiger partial charge in [0, 0.05) is 23.5 Å². The number of aromatic nitrogens is 3. The summed E-state index contributed by atoms with van der Waals surface area (Å²) in [6.45, 7) is 0.173. The molecule has 2 aromatic heterocycles. The standard InChI is InChI=1S/C17H16N4O3/c1-23-14-5-3-2-4-13(14)10-15(22)19-11-16-20-17(21-24-16)12-6-8-18-9-7-12/h2-9H,10-11H2,1H3,(H,19,22). The highest BCUT2D eigenvalue weighted by Crippen LogP contribution is 2.18. The van der Waals surface area contributed by atoms with Crippen molar-refractivity contribution in [2.75, 3.05) is 7.11 Å². The number of hydrogen-bond acceptors (Lipinski definition) is 6. The minimum absolute atomic E-state index is 0.150. The van der Waals surface area contributed by atoms with E-state index >= 15 is 0 Å². The Hall–Kier alpha value is -3.22. The van der Waals surface area contributed by atoms with E-state index in [9.17, 15) is 4.79 Å². The number of carbonyl (C=O) groups excluding carboxylic acids is 1. The van der Waals surface area contributed by atoms with Crippen LogP contribution in [-0.2, 0) is 17.8 Å². The molecule has 1 amide bonds. The van der Waals surface area contributed by atoms with Crippen LogP contribution >= 0.6 is 0 Å². The highest BCUT2D eigenvalue weighted by molar-refractivity contribution is 5.79. The van der Waals surface area contributed by atoms with E-state index < -0.39 is 0 Å². The zero-order chi connectivity index (χ0) is 16.8. The molecule has 0 saturated heterocycles. The number of pyridine rings is 1. The van der Waals surface area contributed by atoms with E-state index in [0.717, 1.165) is 11.1 Å². The molecule has 24 heavy (non-hydrogen) atoms. The van der Waals surface area contributed by atoms with Crippen molar-refractivity contribution in [1.29, 1.82) is 0 Å². The average Bonchev–Trinajstić information content (AvgIpc) is 3.10. The van der Waals surface area contributed by atoms with E-state index in [1.807, 2.05) is 24.3 Å². The molecule has 0 unspecified atom stereocenters. The van der Waals surface area contributed by atoms with Gasteiger partial charge in [-0.1, -0.05) is 23.4 Å². The lowest BCUT2D eigenvalue weighted by Gasteiger charge is -2.07. The number of nitrogens with one attached hydrogen (secondary N) is 1. The molecule has 2 heterocycles. The van der Waals surface area contributed by atoms with Crippen LogP contribution in [0, 0.1) is 0 Å². The molecule has 0 bridgehead atoms. The summed E-state index contributed by atoms with van der Waals surface area (Å²) in [7, 11) is 1.58. The molecule has 1 aromatic carbocycles. The van der Waals surface area contributed by atoms with E-state index in [4.69, 9.17) is 9.26 Å². The third-order valence-corrected chi connectivity index (χ3v) is 3.39. The molecule has 122 valence electrons. The van der Waals surface area contributed by atoms with E-state index in [2.05, 4.69) is 20.4 Å². The van der Waals surface area contributed by atoms with Crippen LogP contribution in [0.5, 0.6) is 5.75 Å². The van der Waals surface area contributed by atoms with Crippen molar-refractivity contribution >= 4 is 5.91 Å². The Morgan fingerprint density at radius 2 is 2.00 bits per heavy atom. The molecule has 7 nitrogen and oxygen atoms in total. The van der Waals surface area contributed by atoms with E-state index in [1.165, 1.54) is 0 Å².